The van der Waals surface area contributed by atoms with E-state index < -0.39 is 10.0 Å². The Kier molecular flexibility index (Phi) is 6.17. The molecule has 0 saturated carbocycles. The summed E-state index contributed by atoms with van der Waals surface area (Å²) in [6.45, 7) is 1.66. The van der Waals surface area contributed by atoms with Gasteiger partial charge in [0.2, 0.25) is 10.0 Å². The van der Waals surface area contributed by atoms with Crippen molar-refractivity contribution in [3.05, 3.63) is 36.5 Å². The van der Waals surface area contributed by atoms with E-state index in [2.05, 4.69) is 15.0 Å². The van der Waals surface area contributed by atoms with Crippen LogP contribution >= 0.6 is 12.4 Å². The van der Waals surface area contributed by atoms with Crippen molar-refractivity contribution in [3.63, 3.8) is 0 Å². The van der Waals surface area contributed by atoms with E-state index in [1.165, 1.54) is 0 Å². The number of aromatic nitrogens is 1. The molecule has 0 radical (unpaired) electrons. The minimum atomic E-state index is -3.62. The minimum absolute atomic E-state index is 0. The van der Waals surface area contributed by atoms with Gasteiger partial charge in [-0.3, -0.25) is 4.98 Å². The van der Waals surface area contributed by atoms with Crippen LogP contribution in [0.15, 0.2) is 41.4 Å². The van der Waals surface area contributed by atoms with E-state index in [0.29, 0.717) is 24.1 Å². The lowest BCUT2D eigenvalue weighted by molar-refractivity contribution is 0.122. The molecular formula is C16H22ClN3O3S. The zero-order chi connectivity index (χ0) is 16.3. The molecule has 6 nitrogen and oxygen atoms in total. The molecule has 3 rings (SSSR count). The van der Waals surface area contributed by atoms with E-state index >= 15 is 0 Å². The summed E-state index contributed by atoms with van der Waals surface area (Å²) in [7, 11) is -1.98. The number of fused-ring (bicyclic) bond motifs is 1. The van der Waals surface area contributed by atoms with Gasteiger partial charge in [-0.1, -0.05) is 6.07 Å². The van der Waals surface area contributed by atoms with Gasteiger partial charge in [-0.2, -0.15) is 0 Å². The summed E-state index contributed by atoms with van der Waals surface area (Å²) >= 11 is 0. The zero-order valence-electron chi connectivity index (χ0n) is 13.5. The highest BCUT2D eigenvalue weighted by molar-refractivity contribution is 7.89. The maximum Gasteiger partial charge on any atom is 0.241 e. The van der Waals surface area contributed by atoms with Crippen molar-refractivity contribution in [1.29, 1.82) is 0 Å². The van der Waals surface area contributed by atoms with Gasteiger partial charge < -0.3 is 10.1 Å². The molecule has 1 aliphatic rings. The summed E-state index contributed by atoms with van der Waals surface area (Å²) in [5.41, 5.74) is 0.339. The first kappa shape index (κ1) is 19.1. The van der Waals surface area contributed by atoms with Crippen molar-refractivity contribution in [2.24, 2.45) is 0 Å². The van der Waals surface area contributed by atoms with Crippen LogP contribution in [0.4, 0.5) is 0 Å². The summed E-state index contributed by atoms with van der Waals surface area (Å²) in [6, 6.07) is 8.64. The van der Waals surface area contributed by atoms with E-state index in [1.807, 2.05) is 0 Å². The standard InChI is InChI=1S/C16H21N3O3S.ClH/c1-22-12-16(8-4-10-18-16)11-19-23(20,21)15-7-2-6-14-13(15)5-3-9-17-14;/h2-3,5-7,9,18-19H,4,8,10-12H2,1H3;1H. The van der Waals surface area contributed by atoms with Crippen LogP contribution in [0.3, 0.4) is 0 Å². The fourth-order valence-corrected chi connectivity index (χ4v) is 4.43. The molecule has 1 aliphatic heterocycles. The zero-order valence-corrected chi connectivity index (χ0v) is 15.1. The Labute approximate surface area is 148 Å². The number of hydrogen-bond acceptors (Lipinski definition) is 5. The third-order valence-electron chi connectivity index (χ3n) is 4.25. The number of hydrogen-bond donors (Lipinski definition) is 2. The molecule has 0 spiro atoms. The van der Waals surface area contributed by atoms with Gasteiger partial charge in [0, 0.05) is 25.2 Å². The highest BCUT2D eigenvalue weighted by atomic mass is 35.5. The topological polar surface area (TPSA) is 80.3 Å². The molecule has 1 aromatic heterocycles. The van der Waals surface area contributed by atoms with E-state index in [0.717, 1.165) is 19.4 Å². The second-order valence-electron chi connectivity index (χ2n) is 5.89. The Balaban J connectivity index is 0.00000208. The fourth-order valence-electron chi connectivity index (χ4n) is 3.09. The van der Waals surface area contributed by atoms with Crippen LogP contribution in [0.2, 0.25) is 0 Å². The molecule has 1 aromatic carbocycles. The summed E-state index contributed by atoms with van der Waals surface area (Å²) in [5, 5.41) is 4.00. The number of sulfonamides is 1. The van der Waals surface area contributed by atoms with Crippen LogP contribution in [-0.2, 0) is 14.8 Å². The van der Waals surface area contributed by atoms with Gasteiger partial charge in [-0.05, 0) is 43.7 Å². The Morgan fingerprint density at radius 3 is 2.88 bits per heavy atom. The number of rotatable bonds is 6. The van der Waals surface area contributed by atoms with Crippen LogP contribution in [0.1, 0.15) is 12.8 Å². The third kappa shape index (κ3) is 3.87. The lowest BCUT2D eigenvalue weighted by atomic mass is 9.99. The molecule has 24 heavy (non-hydrogen) atoms. The van der Waals surface area contributed by atoms with E-state index in [-0.39, 0.29) is 22.8 Å². The molecule has 2 heterocycles. The molecule has 2 aromatic rings. The Morgan fingerprint density at radius 1 is 1.33 bits per heavy atom. The average Bonchev–Trinajstić information content (AvgIpc) is 3.02. The van der Waals surface area contributed by atoms with E-state index in [9.17, 15) is 8.42 Å². The molecule has 1 saturated heterocycles. The highest BCUT2D eigenvalue weighted by Gasteiger charge is 2.35. The predicted molar refractivity (Wildman–Crippen MR) is 96.0 cm³/mol. The molecular weight excluding hydrogens is 350 g/mol. The van der Waals surface area contributed by atoms with Crippen molar-refractivity contribution in [3.8, 4) is 0 Å². The predicted octanol–water partition coefficient (Wildman–Crippen LogP) is 1.70. The van der Waals surface area contributed by atoms with Crippen LogP contribution in [0.25, 0.3) is 10.9 Å². The number of pyridine rings is 1. The number of methoxy groups -OCH3 is 1. The first-order valence-electron chi connectivity index (χ1n) is 7.64. The largest absolute Gasteiger partial charge is 0.383 e. The highest BCUT2D eigenvalue weighted by Crippen LogP contribution is 2.23. The molecule has 0 bridgehead atoms. The van der Waals surface area contributed by atoms with Crippen LogP contribution in [-0.4, -0.2) is 45.7 Å². The number of benzene rings is 1. The number of ether oxygens (including phenoxy) is 1. The smallest absolute Gasteiger partial charge is 0.241 e. The van der Waals surface area contributed by atoms with Crippen LogP contribution < -0.4 is 10.0 Å². The SMILES string of the molecule is COCC1(CNS(=O)(=O)c2cccc3ncccc23)CCCN1.Cl. The normalized spacial score (nSPS) is 20.9. The monoisotopic (exact) mass is 371 g/mol. The van der Waals surface area contributed by atoms with Gasteiger partial charge >= 0.3 is 0 Å². The first-order chi connectivity index (χ1) is 11.1. The Hall–Kier alpha value is -1.25. The molecule has 2 N–H and O–H groups in total. The van der Waals surface area contributed by atoms with Crippen molar-refractivity contribution < 1.29 is 13.2 Å². The number of halogens is 1. The van der Waals surface area contributed by atoms with Crippen molar-refractivity contribution in [2.45, 2.75) is 23.3 Å². The summed E-state index contributed by atoms with van der Waals surface area (Å²) < 4.78 is 33.5. The van der Waals surface area contributed by atoms with Crippen LogP contribution in [0.5, 0.6) is 0 Å². The molecule has 8 heteroatoms. The van der Waals surface area contributed by atoms with Crippen molar-refractivity contribution >= 4 is 33.3 Å². The average molecular weight is 372 g/mol. The summed E-state index contributed by atoms with van der Waals surface area (Å²) in [6.07, 6.45) is 3.56. The summed E-state index contributed by atoms with van der Waals surface area (Å²) in [4.78, 5) is 4.47. The molecule has 0 aliphatic carbocycles. The maximum atomic E-state index is 12.7. The van der Waals surface area contributed by atoms with Gasteiger partial charge in [0.1, 0.15) is 0 Å². The summed E-state index contributed by atoms with van der Waals surface area (Å²) in [5.74, 6) is 0. The second kappa shape index (κ2) is 7.76. The third-order valence-corrected chi connectivity index (χ3v) is 5.71. The van der Waals surface area contributed by atoms with E-state index in [4.69, 9.17) is 4.74 Å². The van der Waals surface area contributed by atoms with Gasteiger partial charge in [-0.15, -0.1) is 12.4 Å². The second-order valence-corrected chi connectivity index (χ2v) is 7.63. The number of nitrogens with zero attached hydrogens (tertiary/aromatic N) is 1. The van der Waals surface area contributed by atoms with Crippen molar-refractivity contribution in [1.82, 2.24) is 15.0 Å². The van der Waals surface area contributed by atoms with Gasteiger partial charge in [-0.25, -0.2) is 13.1 Å². The maximum absolute atomic E-state index is 12.7. The minimum Gasteiger partial charge on any atom is -0.383 e. The molecule has 1 fully saturated rings. The molecule has 132 valence electrons. The molecule has 1 unspecified atom stereocenters. The fraction of sp³-hybridized carbons (Fsp3) is 0.438. The van der Waals surface area contributed by atoms with Gasteiger partial charge in [0.05, 0.1) is 22.6 Å². The van der Waals surface area contributed by atoms with Gasteiger partial charge in [0.15, 0.2) is 0 Å². The van der Waals surface area contributed by atoms with Gasteiger partial charge in [0.25, 0.3) is 0 Å². The molecule has 0 amide bonds. The lowest BCUT2D eigenvalue weighted by Crippen LogP contribution is -2.52. The number of nitrogens with one attached hydrogen (secondary N) is 2. The van der Waals surface area contributed by atoms with Crippen molar-refractivity contribution in [2.75, 3.05) is 26.8 Å². The van der Waals surface area contributed by atoms with E-state index in [1.54, 1.807) is 43.6 Å². The Bertz CT molecular complexity index is 787. The Morgan fingerprint density at radius 2 is 2.17 bits per heavy atom. The quantitative estimate of drug-likeness (QED) is 0.807. The molecule has 1 atom stereocenters. The first-order valence-corrected chi connectivity index (χ1v) is 9.12. The lowest BCUT2D eigenvalue weighted by Gasteiger charge is -2.28. The van der Waals surface area contributed by atoms with Crippen LogP contribution in [0, 0.1) is 0 Å².